The fraction of sp³-hybridized carbons (Fsp3) is 0.294. The summed E-state index contributed by atoms with van der Waals surface area (Å²) in [6.45, 7) is 5.50. The molecular formula is C17H18ClN5O2S. The van der Waals surface area contributed by atoms with Gasteiger partial charge in [-0.05, 0) is 39.0 Å². The van der Waals surface area contributed by atoms with Crippen molar-refractivity contribution in [1.29, 1.82) is 0 Å². The highest BCUT2D eigenvalue weighted by molar-refractivity contribution is 7.99. The van der Waals surface area contributed by atoms with Crippen molar-refractivity contribution in [3.8, 4) is 17.1 Å². The minimum Gasteiger partial charge on any atom is -0.459 e. The third kappa shape index (κ3) is 4.86. The first-order valence-electron chi connectivity index (χ1n) is 7.88. The highest BCUT2D eigenvalue weighted by atomic mass is 35.5. The van der Waals surface area contributed by atoms with Crippen LogP contribution in [-0.2, 0) is 9.53 Å². The predicted molar refractivity (Wildman–Crippen MR) is 101 cm³/mol. The molecule has 7 nitrogen and oxygen atoms in total. The maximum atomic E-state index is 11.8. The first kappa shape index (κ1) is 18.5. The summed E-state index contributed by atoms with van der Waals surface area (Å²) in [5.41, 5.74) is 1.13. The topological polar surface area (TPSA) is 85.7 Å². The Balaban J connectivity index is 1.66. The number of carbonyl (C=O) groups excluding carboxylic acids is 1. The van der Waals surface area contributed by atoms with Crippen molar-refractivity contribution in [2.45, 2.75) is 31.5 Å². The second-order valence-electron chi connectivity index (χ2n) is 6.51. The first-order chi connectivity index (χ1) is 12.3. The number of ether oxygens (including phenoxy) is 1. The lowest BCUT2D eigenvalue weighted by Crippen LogP contribution is -2.24. The molecular weight excluding hydrogens is 374 g/mol. The SMILES string of the molecule is CC(C)(C)OC(=O)CSc1nnc(-c2cnn(-c3cccc(Cl)c3)c2)[nH]1. The van der Waals surface area contributed by atoms with Crippen LogP contribution in [0.1, 0.15) is 20.8 Å². The van der Waals surface area contributed by atoms with Gasteiger partial charge in [-0.1, -0.05) is 29.4 Å². The van der Waals surface area contributed by atoms with Crippen LogP contribution in [0.4, 0.5) is 0 Å². The summed E-state index contributed by atoms with van der Waals surface area (Å²) in [5, 5.41) is 13.7. The number of benzene rings is 1. The minimum atomic E-state index is -0.501. The number of nitrogens with zero attached hydrogens (tertiary/aromatic N) is 4. The Morgan fingerprint density at radius 1 is 1.35 bits per heavy atom. The largest absolute Gasteiger partial charge is 0.459 e. The number of aromatic nitrogens is 5. The van der Waals surface area contributed by atoms with E-state index in [9.17, 15) is 4.79 Å². The summed E-state index contributed by atoms with van der Waals surface area (Å²) < 4.78 is 6.97. The van der Waals surface area contributed by atoms with Gasteiger partial charge in [0.05, 0.1) is 23.2 Å². The molecule has 0 bridgehead atoms. The Kier molecular flexibility index (Phi) is 5.33. The molecule has 3 rings (SSSR count). The third-order valence-corrected chi connectivity index (χ3v) is 4.21. The predicted octanol–water partition coefficient (Wildman–Crippen LogP) is 3.74. The molecule has 0 radical (unpaired) electrons. The van der Waals surface area contributed by atoms with Gasteiger partial charge in [0.15, 0.2) is 11.0 Å². The van der Waals surface area contributed by atoms with Gasteiger partial charge in [-0.15, -0.1) is 10.2 Å². The van der Waals surface area contributed by atoms with Crippen molar-refractivity contribution >= 4 is 29.3 Å². The zero-order chi connectivity index (χ0) is 18.7. The monoisotopic (exact) mass is 391 g/mol. The number of aromatic amines is 1. The molecule has 0 unspecified atom stereocenters. The van der Waals surface area contributed by atoms with Gasteiger partial charge in [0.2, 0.25) is 0 Å². The number of esters is 1. The molecule has 3 aromatic rings. The Labute approximate surface area is 160 Å². The van der Waals surface area contributed by atoms with E-state index in [2.05, 4.69) is 20.3 Å². The molecule has 0 amide bonds. The molecule has 0 spiro atoms. The van der Waals surface area contributed by atoms with Gasteiger partial charge in [-0.2, -0.15) is 5.10 Å². The van der Waals surface area contributed by atoms with E-state index < -0.39 is 5.60 Å². The fourth-order valence-corrected chi connectivity index (χ4v) is 2.91. The van der Waals surface area contributed by atoms with Crippen LogP contribution in [0.5, 0.6) is 0 Å². The summed E-state index contributed by atoms with van der Waals surface area (Å²) in [5.74, 6) is 0.437. The Bertz CT molecular complexity index is 916. The third-order valence-electron chi connectivity index (χ3n) is 3.14. The summed E-state index contributed by atoms with van der Waals surface area (Å²) in [6, 6.07) is 7.39. The van der Waals surface area contributed by atoms with Crippen LogP contribution in [0.3, 0.4) is 0 Å². The van der Waals surface area contributed by atoms with Gasteiger partial charge in [0.1, 0.15) is 5.60 Å². The lowest BCUT2D eigenvalue weighted by atomic mass is 10.2. The second-order valence-corrected chi connectivity index (χ2v) is 7.91. The van der Waals surface area contributed by atoms with Crippen molar-refractivity contribution < 1.29 is 9.53 Å². The summed E-state index contributed by atoms with van der Waals surface area (Å²) >= 11 is 7.25. The van der Waals surface area contributed by atoms with Crippen molar-refractivity contribution in [2.24, 2.45) is 0 Å². The zero-order valence-corrected chi connectivity index (χ0v) is 16.1. The van der Waals surface area contributed by atoms with Gasteiger partial charge in [0.25, 0.3) is 0 Å². The standard InChI is InChI=1S/C17H18ClN5O2S/c1-17(2,3)25-14(24)10-26-16-20-15(21-22-16)11-8-19-23(9-11)13-6-4-5-12(18)7-13/h4-9H,10H2,1-3H3,(H,20,21,22). The fourth-order valence-electron chi connectivity index (χ4n) is 2.14. The number of H-pyrrole nitrogens is 1. The minimum absolute atomic E-state index is 0.160. The molecule has 2 aromatic heterocycles. The molecule has 0 saturated heterocycles. The van der Waals surface area contributed by atoms with Crippen LogP contribution in [0.25, 0.3) is 17.1 Å². The van der Waals surface area contributed by atoms with E-state index in [0.717, 1.165) is 11.3 Å². The van der Waals surface area contributed by atoms with E-state index in [1.54, 1.807) is 16.9 Å². The van der Waals surface area contributed by atoms with Crippen LogP contribution < -0.4 is 0 Å². The van der Waals surface area contributed by atoms with Crippen molar-refractivity contribution in [3.05, 3.63) is 41.7 Å². The van der Waals surface area contributed by atoms with Crippen LogP contribution in [0.2, 0.25) is 5.02 Å². The average molecular weight is 392 g/mol. The number of nitrogens with one attached hydrogen (secondary N) is 1. The van der Waals surface area contributed by atoms with E-state index in [0.29, 0.717) is 16.0 Å². The van der Waals surface area contributed by atoms with Crippen LogP contribution in [-0.4, -0.2) is 42.3 Å². The molecule has 1 aromatic carbocycles. The molecule has 136 valence electrons. The highest BCUT2D eigenvalue weighted by Gasteiger charge is 2.17. The van der Waals surface area contributed by atoms with Crippen molar-refractivity contribution in [2.75, 3.05) is 5.75 Å². The maximum Gasteiger partial charge on any atom is 0.316 e. The van der Waals surface area contributed by atoms with Gasteiger partial charge in [-0.25, -0.2) is 4.68 Å². The number of rotatable bonds is 5. The van der Waals surface area contributed by atoms with Gasteiger partial charge in [0, 0.05) is 11.2 Å². The summed E-state index contributed by atoms with van der Waals surface area (Å²) in [4.78, 5) is 14.8. The smallest absolute Gasteiger partial charge is 0.316 e. The number of carbonyl (C=O) groups is 1. The summed E-state index contributed by atoms with van der Waals surface area (Å²) in [7, 11) is 0. The van der Waals surface area contributed by atoms with E-state index >= 15 is 0 Å². The first-order valence-corrected chi connectivity index (χ1v) is 9.25. The van der Waals surface area contributed by atoms with Crippen LogP contribution >= 0.6 is 23.4 Å². The van der Waals surface area contributed by atoms with Gasteiger partial charge in [-0.3, -0.25) is 4.79 Å². The van der Waals surface area contributed by atoms with E-state index in [4.69, 9.17) is 16.3 Å². The lowest BCUT2D eigenvalue weighted by Gasteiger charge is -2.18. The zero-order valence-electron chi connectivity index (χ0n) is 14.6. The molecule has 0 aliphatic rings. The van der Waals surface area contributed by atoms with Crippen LogP contribution in [0, 0.1) is 0 Å². The normalized spacial score (nSPS) is 11.5. The molecule has 9 heteroatoms. The van der Waals surface area contributed by atoms with E-state index in [1.807, 2.05) is 45.2 Å². The van der Waals surface area contributed by atoms with Crippen molar-refractivity contribution in [3.63, 3.8) is 0 Å². The van der Waals surface area contributed by atoms with Gasteiger partial charge < -0.3 is 9.72 Å². The molecule has 2 heterocycles. The lowest BCUT2D eigenvalue weighted by molar-refractivity contribution is -0.151. The molecule has 0 aliphatic heterocycles. The Hall–Kier alpha value is -2.32. The number of thioether (sulfide) groups is 1. The van der Waals surface area contributed by atoms with Crippen LogP contribution in [0.15, 0.2) is 41.8 Å². The number of hydrogen-bond acceptors (Lipinski definition) is 6. The number of hydrogen-bond donors (Lipinski definition) is 1. The quantitative estimate of drug-likeness (QED) is 0.526. The average Bonchev–Trinajstić information content (AvgIpc) is 3.20. The molecule has 0 saturated carbocycles. The molecule has 26 heavy (non-hydrogen) atoms. The maximum absolute atomic E-state index is 11.8. The molecule has 0 aliphatic carbocycles. The molecule has 0 fully saturated rings. The van der Waals surface area contributed by atoms with Crippen molar-refractivity contribution in [1.82, 2.24) is 25.0 Å². The molecule has 0 atom stereocenters. The Morgan fingerprint density at radius 2 is 2.15 bits per heavy atom. The van der Waals surface area contributed by atoms with E-state index in [-0.39, 0.29) is 11.7 Å². The highest BCUT2D eigenvalue weighted by Crippen LogP contribution is 2.21. The van der Waals surface area contributed by atoms with Gasteiger partial charge >= 0.3 is 5.97 Å². The molecule has 1 N–H and O–H groups in total. The Morgan fingerprint density at radius 3 is 2.88 bits per heavy atom. The second kappa shape index (κ2) is 7.51. The summed E-state index contributed by atoms with van der Waals surface area (Å²) in [6.07, 6.45) is 3.51. The van der Waals surface area contributed by atoms with E-state index in [1.165, 1.54) is 11.8 Å². The number of halogens is 1.